The van der Waals surface area contributed by atoms with Gasteiger partial charge in [0.25, 0.3) is 0 Å². The van der Waals surface area contributed by atoms with Crippen LogP contribution in [0.4, 0.5) is 29.3 Å². The molecule has 1 aliphatic rings. The molecule has 1 aliphatic heterocycles. The molecule has 2 aromatic carbocycles. The molecule has 1 heterocycles. The van der Waals surface area contributed by atoms with E-state index in [1.807, 2.05) is 12.1 Å². The predicted octanol–water partition coefficient (Wildman–Crippen LogP) is 4.85. The normalized spacial score (nSPS) is 14.3. The molecule has 0 fully saturated rings. The summed E-state index contributed by atoms with van der Waals surface area (Å²) < 4.78 is 39.0. The molecule has 1 N–H and O–H groups in total. The summed E-state index contributed by atoms with van der Waals surface area (Å²) in [6.45, 7) is 0.446. The first-order valence-electron chi connectivity index (χ1n) is 6.93. The quantitative estimate of drug-likeness (QED) is 0.806. The highest BCUT2D eigenvalue weighted by molar-refractivity contribution is 7.99. The smallest absolute Gasteiger partial charge is 0.307 e. The van der Waals surface area contributed by atoms with Gasteiger partial charge in [-0.1, -0.05) is 24.3 Å². The zero-order valence-corrected chi connectivity index (χ0v) is 12.7. The summed E-state index contributed by atoms with van der Waals surface area (Å²) in [5.74, 6) is 0.700. The van der Waals surface area contributed by atoms with Gasteiger partial charge in [0.15, 0.2) is 0 Å². The molecule has 120 valence electrons. The van der Waals surface area contributed by atoms with Gasteiger partial charge in [0.2, 0.25) is 0 Å². The number of halogens is 3. The van der Waals surface area contributed by atoms with Crippen molar-refractivity contribution in [3.05, 3.63) is 54.1 Å². The van der Waals surface area contributed by atoms with Gasteiger partial charge in [-0.25, -0.2) is 4.79 Å². The molecule has 3 rings (SSSR count). The van der Waals surface area contributed by atoms with Crippen molar-refractivity contribution in [1.82, 2.24) is 0 Å². The Bertz CT molecular complexity index is 733. The number of hydrogen-bond acceptors (Lipinski definition) is 2. The molecule has 0 saturated carbocycles. The number of alkyl halides is 3. The number of fused-ring (bicyclic) bond motifs is 1. The lowest BCUT2D eigenvalue weighted by atomic mass is 10.1. The summed E-state index contributed by atoms with van der Waals surface area (Å²) in [7, 11) is 0. The molecule has 23 heavy (non-hydrogen) atoms. The summed E-state index contributed by atoms with van der Waals surface area (Å²) in [6.07, 6.45) is -4.51. The van der Waals surface area contributed by atoms with Crippen LogP contribution in [0, 0.1) is 0 Å². The largest absolute Gasteiger partial charge is 0.418 e. The SMILES string of the molecule is O=C(Nc1ccccc1C(F)(F)F)N1CCSc2ccccc21. The van der Waals surface area contributed by atoms with Gasteiger partial charge >= 0.3 is 12.2 Å². The number of para-hydroxylation sites is 2. The fraction of sp³-hybridized carbons (Fsp3) is 0.188. The molecule has 2 aromatic rings. The van der Waals surface area contributed by atoms with E-state index in [4.69, 9.17) is 0 Å². The molecular formula is C16H13F3N2OS. The maximum absolute atomic E-state index is 13.0. The van der Waals surface area contributed by atoms with Crippen molar-refractivity contribution >= 4 is 29.2 Å². The minimum Gasteiger partial charge on any atom is -0.307 e. The fourth-order valence-electron chi connectivity index (χ4n) is 2.40. The number of thioether (sulfide) groups is 1. The van der Waals surface area contributed by atoms with Crippen molar-refractivity contribution in [2.24, 2.45) is 0 Å². The molecule has 3 nitrogen and oxygen atoms in total. The van der Waals surface area contributed by atoms with Crippen LogP contribution in [0.2, 0.25) is 0 Å². The highest BCUT2D eigenvalue weighted by Crippen LogP contribution is 2.37. The van der Waals surface area contributed by atoms with E-state index in [-0.39, 0.29) is 5.69 Å². The molecule has 0 saturated heterocycles. The van der Waals surface area contributed by atoms with Crippen LogP contribution in [0.5, 0.6) is 0 Å². The Morgan fingerprint density at radius 2 is 1.78 bits per heavy atom. The summed E-state index contributed by atoms with van der Waals surface area (Å²) in [5, 5.41) is 2.39. The first kappa shape index (κ1) is 15.7. The third-order valence-electron chi connectivity index (χ3n) is 3.45. The molecule has 0 spiro atoms. The third kappa shape index (κ3) is 3.29. The average molecular weight is 338 g/mol. The molecular weight excluding hydrogens is 325 g/mol. The minimum absolute atomic E-state index is 0.235. The van der Waals surface area contributed by atoms with Crippen molar-refractivity contribution < 1.29 is 18.0 Å². The lowest BCUT2D eigenvalue weighted by Gasteiger charge is -2.29. The van der Waals surface area contributed by atoms with Crippen molar-refractivity contribution in [2.45, 2.75) is 11.1 Å². The zero-order chi connectivity index (χ0) is 16.4. The molecule has 0 radical (unpaired) electrons. The second-order valence-electron chi connectivity index (χ2n) is 4.94. The second-order valence-corrected chi connectivity index (χ2v) is 6.08. The Balaban J connectivity index is 1.87. The Morgan fingerprint density at radius 3 is 2.57 bits per heavy atom. The van der Waals surface area contributed by atoms with Gasteiger partial charge in [-0.3, -0.25) is 4.90 Å². The van der Waals surface area contributed by atoms with Crippen LogP contribution in [0.1, 0.15) is 5.56 Å². The van der Waals surface area contributed by atoms with Crippen molar-refractivity contribution in [3.8, 4) is 0 Å². The molecule has 7 heteroatoms. The van der Waals surface area contributed by atoms with Crippen LogP contribution >= 0.6 is 11.8 Å². The van der Waals surface area contributed by atoms with E-state index >= 15 is 0 Å². The van der Waals surface area contributed by atoms with E-state index in [9.17, 15) is 18.0 Å². The van der Waals surface area contributed by atoms with Crippen LogP contribution in [0.15, 0.2) is 53.4 Å². The molecule has 0 aromatic heterocycles. The minimum atomic E-state index is -4.51. The summed E-state index contributed by atoms with van der Waals surface area (Å²) in [6, 6.07) is 11.8. The van der Waals surface area contributed by atoms with Gasteiger partial charge in [0.05, 0.1) is 16.9 Å². The standard InChI is InChI=1S/C16H13F3N2OS/c17-16(18,19)11-5-1-2-6-12(11)20-15(22)21-9-10-23-14-8-4-3-7-13(14)21/h1-8H,9-10H2,(H,20,22). The summed E-state index contributed by atoms with van der Waals surface area (Å²) in [5.41, 5.74) is -0.375. The molecule has 0 aliphatic carbocycles. The third-order valence-corrected chi connectivity index (χ3v) is 4.49. The predicted molar refractivity (Wildman–Crippen MR) is 85.0 cm³/mol. The van der Waals surface area contributed by atoms with Crippen LogP contribution < -0.4 is 10.2 Å². The van der Waals surface area contributed by atoms with Crippen LogP contribution in [-0.4, -0.2) is 18.3 Å². The summed E-state index contributed by atoms with van der Waals surface area (Å²) in [4.78, 5) is 14.9. The van der Waals surface area contributed by atoms with Crippen molar-refractivity contribution in [3.63, 3.8) is 0 Å². The van der Waals surface area contributed by atoms with E-state index in [0.717, 1.165) is 11.0 Å². The molecule has 0 atom stereocenters. The van der Waals surface area contributed by atoms with Gasteiger partial charge in [-0.2, -0.15) is 13.2 Å². The van der Waals surface area contributed by atoms with E-state index in [0.29, 0.717) is 18.0 Å². The number of anilines is 2. The number of amides is 2. The van der Waals surface area contributed by atoms with Crippen molar-refractivity contribution in [1.29, 1.82) is 0 Å². The van der Waals surface area contributed by atoms with Crippen LogP contribution in [0.25, 0.3) is 0 Å². The number of nitrogens with one attached hydrogen (secondary N) is 1. The Labute approximate surface area is 135 Å². The monoisotopic (exact) mass is 338 g/mol. The number of nitrogens with zero attached hydrogens (tertiary/aromatic N) is 1. The van der Waals surface area contributed by atoms with Gasteiger partial charge in [0.1, 0.15) is 0 Å². The summed E-state index contributed by atoms with van der Waals surface area (Å²) >= 11 is 1.62. The Hall–Kier alpha value is -2.15. The van der Waals surface area contributed by atoms with E-state index < -0.39 is 17.8 Å². The van der Waals surface area contributed by atoms with Gasteiger partial charge in [0, 0.05) is 17.2 Å². The number of rotatable bonds is 1. The zero-order valence-electron chi connectivity index (χ0n) is 11.9. The number of urea groups is 1. The fourth-order valence-corrected chi connectivity index (χ4v) is 3.40. The van der Waals surface area contributed by atoms with Crippen molar-refractivity contribution in [2.75, 3.05) is 22.5 Å². The highest BCUT2D eigenvalue weighted by Gasteiger charge is 2.34. The Kier molecular flexibility index (Phi) is 4.21. The molecule has 0 bridgehead atoms. The number of benzene rings is 2. The van der Waals surface area contributed by atoms with E-state index in [2.05, 4.69) is 5.32 Å². The van der Waals surface area contributed by atoms with Crippen LogP contribution in [0.3, 0.4) is 0 Å². The topological polar surface area (TPSA) is 32.3 Å². The van der Waals surface area contributed by atoms with Gasteiger partial charge in [-0.15, -0.1) is 11.8 Å². The lowest BCUT2D eigenvalue weighted by molar-refractivity contribution is -0.136. The average Bonchev–Trinajstić information content (AvgIpc) is 2.54. The highest BCUT2D eigenvalue weighted by atomic mass is 32.2. The van der Waals surface area contributed by atoms with E-state index in [1.165, 1.54) is 23.1 Å². The van der Waals surface area contributed by atoms with E-state index in [1.54, 1.807) is 23.9 Å². The maximum Gasteiger partial charge on any atom is 0.418 e. The Morgan fingerprint density at radius 1 is 1.09 bits per heavy atom. The number of hydrogen-bond donors (Lipinski definition) is 1. The van der Waals surface area contributed by atoms with Gasteiger partial charge < -0.3 is 5.32 Å². The van der Waals surface area contributed by atoms with Crippen LogP contribution in [-0.2, 0) is 6.18 Å². The van der Waals surface area contributed by atoms with Gasteiger partial charge in [-0.05, 0) is 24.3 Å². The second kappa shape index (κ2) is 6.16. The first-order valence-corrected chi connectivity index (χ1v) is 7.92. The number of carbonyl (C=O) groups is 1. The number of carbonyl (C=O) groups excluding carboxylic acids is 1. The lowest BCUT2D eigenvalue weighted by Crippen LogP contribution is -2.39. The maximum atomic E-state index is 13.0. The molecule has 0 unspecified atom stereocenters. The first-order chi connectivity index (χ1) is 11.0. The molecule has 2 amide bonds.